The average molecular weight is 1150 g/mol. The summed E-state index contributed by atoms with van der Waals surface area (Å²) in [6.45, 7) is 6.02. The molecule has 0 aromatic heterocycles. The highest BCUT2D eigenvalue weighted by molar-refractivity contribution is 5.74. The van der Waals surface area contributed by atoms with Crippen LogP contribution in [0.4, 0.5) is 0 Å². The maximum atomic E-state index is 13.2. The van der Waals surface area contributed by atoms with Crippen molar-refractivity contribution in [3.63, 3.8) is 0 Å². The third kappa shape index (κ3) is 46.9. The van der Waals surface area contributed by atoms with Crippen LogP contribution >= 0.6 is 0 Å². The van der Waals surface area contributed by atoms with Crippen LogP contribution in [-0.2, 0) is 42.9 Å². The number of carboxylic acids is 1. The fourth-order valence-electron chi connectivity index (χ4n) is 10.5. The number of carboxylic acid groups (broad SMARTS) is 1. The van der Waals surface area contributed by atoms with Crippen LogP contribution in [-0.4, -0.2) is 89.2 Å². The molecule has 3 N–H and O–H groups in total. The summed E-state index contributed by atoms with van der Waals surface area (Å²) in [6.07, 6.45) is 56.6. The van der Waals surface area contributed by atoms with Gasteiger partial charge in [0.25, 0.3) is 0 Å². The quantitative estimate of drug-likeness (QED) is 0.0228. The van der Waals surface area contributed by atoms with Crippen molar-refractivity contribution in [3.05, 3.63) is 36.5 Å². The van der Waals surface area contributed by atoms with Gasteiger partial charge in [-0.15, -0.1) is 0 Å². The van der Waals surface area contributed by atoms with E-state index >= 15 is 0 Å². The molecular formula is C69H124O12. The molecule has 472 valence electrons. The van der Waals surface area contributed by atoms with Crippen molar-refractivity contribution in [1.29, 1.82) is 0 Å². The number of carbonyl (C=O) groups excluding carboxylic acids is 3. The Morgan fingerprint density at radius 3 is 1.15 bits per heavy atom. The molecule has 1 fully saturated rings. The minimum Gasteiger partial charge on any atom is -0.479 e. The van der Waals surface area contributed by atoms with Gasteiger partial charge in [0.05, 0.1) is 6.61 Å². The maximum absolute atomic E-state index is 13.2. The van der Waals surface area contributed by atoms with E-state index in [2.05, 4.69) is 57.2 Å². The lowest BCUT2D eigenvalue weighted by Crippen LogP contribution is -2.61. The number of carbonyl (C=O) groups is 4. The molecule has 12 nitrogen and oxygen atoms in total. The molecule has 0 spiro atoms. The Kier molecular flexibility index (Phi) is 53.8. The first-order valence-electron chi connectivity index (χ1n) is 34.0. The highest BCUT2D eigenvalue weighted by atomic mass is 16.7. The monoisotopic (exact) mass is 1140 g/mol. The number of unbranched alkanes of at least 4 members (excludes halogenated alkanes) is 39. The van der Waals surface area contributed by atoms with Crippen LogP contribution in [0.25, 0.3) is 0 Å². The third-order valence-electron chi connectivity index (χ3n) is 15.7. The van der Waals surface area contributed by atoms with E-state index in [1.807, 2.05) is 0 Å². The van der Waals surface area contributed by atoms with Crippen LogP contribution in [0.5, 0.6) is 0 Å². The SMILES string of the molecule is CCCCC/C=C\C/C=C\CCCCCCCCCC(=O)OC1C(OCC(COC(=O)CCCCCCCCC/C=C\CCCCCCCC)OC(=O)CCCCCCCCCCCCCCCCCCC)OC(C(=O)O)C(O)C1O. The van der Waals surface area contributed by atoms with E-state index in [1.165, 1.54) is 167 Å². The summed E-state index contributed by atoms with van der Waals surface area (Å²) in [5.74, 6) is -3.10. The molecule has 12 heteroatoms. The largest absolute Gasteiger partial charge is 0.479 e. The number of rotatable bonds is 59. The number of aliphatic hydroxyl groups is 2. The van der Waals surface area contributed by atoms with Crippen molar-refractivity contribution >= 4 is 23.9 Å². The molecule has 1 aliphatic rings. The molecule has 0 aliphatic carbocycles. The van der Waals surface area contributed by atoms with Crippen LogP contribution in [0.15, 0.2) is 36.5 Å². The average Bonchev–Trinajstić information content (AvgIpc) is 3.53. The van der Waals surface area contributed by atoms with Crippen LogP contribution in [0.2, 0.25) is 0 Å². The van der Waals surface area contributed by atoms with Crippen LogP contribution in [0, 0.1) is 0 Å². The zero-order chi connectivity index (χ0) is 58.9. The first-order valence-corrected chi connectivity index (χ1v) is 34.0. The Balaban J connectivity index is 2.64. The summed E-state index contributed by atoms with van der Waals surface area (Å²) < 4.78 is 28.6. The molecule has 0 bridgehead atoms. The van der Waals surface area contributed by atoms with Gasteiger partial charge in [-0.05, 0) is 77.0 Å². The molecule has 1 rings (SSSR count). The zero-order valence-electron chi connectivity index (χ0n) is 52.3. The van der Waals surface area contributed by atoms with E-state index in [1.54, 1.807) is 0 Å². The summed E-state index contributed by atoms with van der Waals surface area (Å²) in [7, 11) is 0. The number of aliphatic carboxylic acids is 1. The van der Waals surface area contributed by atoms with Crippen molar-refractivity contribution in [2.75, 3.05) is 13.2 Å². The lowest BCUT2D eigenvalue weighted by molar-refractivity contribution is -0.301. The molecule has 1 heterocycles. The number of ether oxygens (including phenoxy) is 5. The van der Waals surface area contributed by atoms with E-state index in [0.717, 1.165) is 103 Å². The second-order valence-corrected chi connectivity index (χ2v) is 23.5. The Labute approximate surface area is 495 Å². The van der Waals surface area contributed by atoms with Gasteiger partial charge in [0.2, 0.25) is 0 Å². The van der Waals surface area contributed by atoms with Crippen molar-refractivity contribution < 1.29 is 58.2 Å². The van der Waals surface area contributed by atoms with Gasteiger partial charge < -0.3 is 39.0 Å². The number of hydrogen-bond acceptors (Lipinski definition) is 11. The predicted octanol–water partition coefficient (Wildman–Crippen LogP) is 18.4. The molecule has 1 saturated heterocycles. The summed E-state index contributed by atoms with van der Waals surface area (Å²) in [5, 5.41) is 31.6. The van der Waals surface area contributed by atoms with Gasteiger partial charge in [-0.1, -0.05) is 269 Å². The normalized spacial score (nSPS) is 17.9. The molecule has 6 unspecified atom stereocenters. The summed E-state index contributed by atoms with van der Waals surface area (Å²) >= 11 is 0. The third-order valence-corrected chi connectivity index (χ3v) is 15.7. The van der Waals surface area contributed by atoms with Crippen LogP contribution in [0.1, 0.15) is 329 Å². The van der Waals surface area contributed by atoms with Gasteiger partial charge >= 0.3 is 23.9 Å². The molecule has 0 aromatic rings. The molecule has 1 aliphatic heterocycles. The molecule has 0 aromatic carbocycles. The number of esters is 3. The lowest BCUT2D eigenvalue weighted by Gasteiger charge is -2.40. The fourth-order valence-corrected chi connectivity index (χ4v) is 10.5. The van der Waals surface area contributed by atoms with Crippen molar-refractivity contribution in [2.24, 2.45) is 0 Å². The minimum absolute atomic E-state index is 0.0546. The summed E-state index contributed by atoms with van der Waals surface area (Å²) in [6, 6.07) is 0. The van der Waals surface area contributed by atoms with E-state index in [4.69, 9.17) is 23.7 Å². The van der Waals surface area contributed by atoms with Gasteiger partial charge in [-0.2, -0.15) is 0 Å². The van der Waals surface area contributed by atoms with Gasteiger partial charge in [0.1, 0.15) is 18.8 Å². The minimum atomic E-state index is -1.90. The van der Waals surface area contributed by atoms with Gasteiger partial charge in [-0.3, -0.25) is 14.4 Å². The van der Waals surface area contributed by atoms with E-state index in [-0.39, 0.29) is 25.9 Å². The zero-order valence-corrected chi connectivity index (χ0v) is 52.3. The van der Waals surface area contributed by atoms with Crippen LogP contribution in [0.3, 0.4) is 0 Å². The van der Waals surface area contributed by atoms with Crippen LogP contribution < -0.4 is 0 Å². The Hall–Kier alpha value is -3.06. The Morgan fingerprint density at radius 2 is 0.741 bits per heavy atom. The Bertz CT molecular complexity index is 1550. The van der Waals surface area contributed by atoms with Crippen molar-refractivity contribution in [2.45, 2.75) is 366 Å². The molecule has 0 amide bonds. The first-order chi connectivity index (χ1) is 39.6. The second kappa shape index (κ2) is 57.4. The van der Waals surface area contributed by atoms with Gasteiger partial charge in [0, 0.05) is 19.3 Å². The summed E-state index contributed by atoms with van der Waals surface area (Å²) in [4.78, 5) is 51.4. The van der Waals surface area contributed by atoms with E-state index in [0.29, 0.717) is 19.3 Å². The van der Waals surface area contributed by atoms with Gasteiger partial charge in [-0.25, -0.2) is 4.79 Å². The van der Waals surface area contributed by atoms with Crippen molar-refractivity contribution in [3.8, 4) is 0 Å². The maximum Gasteiger partial charge on any atom is 0.335 e. The topological polar surface area (TPSA) is 175 Å². The fraction of sp³-hybridized carbons (Fsp3) is 0.855. The molecular weight excluding hydrogens is 1020 g/mol. The number of aliphatic hydroxyl groups excluding tert-OH is 2. The van der Waals surface area contributed by atoms with E-state index in [9.17, 15) is 34.5 Å². The number of allylic oxidation sites excluding steroid dienone is 6. The standard InChI is InChI=1S/C69H124O12/c1-4-7-10-13-16-19-22-25-28-31-34-37-40-43-46-49-52-55-61(70)77-58-60(79-62(71)56-53-50-47-44-41-38-35-32-29-26-23-20-17-14-11-8-5-2)59-78-69-67(65(74)64(73)66(81-69)68(75)76)80-63(72)57-54-51-48-45-42-39-36-33-30-27-24-21-18-15-12-9-6-3/h18,21,25,27-28,30,60,64-67,69,73-74H,4-17,19-20,22-24,26,29,31-59H2,1-3H3,(H,75,76)/b21-18-,28-25-,30-27-. The highest BCUT2D eigenvalue weighted by Gasteiger charge is 2.50. The number of hydrogen-bond donors (Lipinski definition) is 3. The first kappa shape index (κ1) is 76.0. The molecule has 0 saturated carbocycles. The van der Waals surface area contributed by atoms with E-state index < -0.39 is 67.3 Å². The Morgan fingerprint density at radius 1 is 0.407 bits per heavy atom. The molecule has 6 atom stereocenters. The lowest BCUT2D eigenvalue weighted by atomic mass is 9.98. The van der Waals surface area contributed by atoms with Crippen molar-refractivity contribution in [1.82, 2.24) is 0 Å². The highest BCUT2D eigenvalue weighted by Crippen LogP contribution is 2.27. The molecule has 0 radical (unpaired) electrons. The predicted molar refractivity (Wildman–Crippen MR) is 331 cm³/mol. The second-order valence-electron chi connectivity index (χ2n) is 23.5. The molecule has 81 heavy (non-hydrogen) atoms. The summed E-state index contributed by atoms with van der Waals surface area (Å²) in [5.41, 5.74) is 0. The smallest absolute Gasteiger partial charge is 0.335 e. The van der Waals surface area contributed by atoms with Gasteiger partial charge in [0.15, 0.2) is 24.6 Å².